The molecule has 0 saturated carbocycles. The Kier molecular flexibility index (Phi) is 10.5. The third-order valence-electron chi connectivity index (χ3n) is 4.07. The van der Waals surface area contributed by atoms with Gasteiger partial charge in [0.15, 0.2) is 0 Å². The first-order valence-electron chi connectivity index (χ1n) is 8.51. The molecule has 0 aliphatic heterocycles. The lowest BCUT2D eigenvalue weighted by Crippen LogP contribution is -2.49. The standard InChI is InChI=1S/C17H39N3O/c1-8-20(16(4)13-19(6)7)12-10-9-11-17(5,14-21)18-15(2)3/h15-16,18,21H,8-14H2,1-7H3. The molecule has 0 aliphatic rings. The van der Waals surface area contributed by atoms with Crippen LogP contribution in [0.4, 0.5) is 0 Å². The summed E-state index contributed by atoms with van der Waals surface area (Å²) in [5.74, 6) is 0. The van der Waals surface area contributed by atoms with E-state index in [0.29, 0.717) is 12.1 Å². The molecule has 0 spiro atoms. The average Bonchev–Trinajstić information content (AvgIpc) is 2.37. The molecule has 0 heterocycles. The summed E-state index contributed by atoms with van der Waals surface area (Å²) < 4.78 is 0. The van der Waals surface area contributed by atoms with Gasteiger partial charge < -0.3 is 15.3 Å². The van der Waals surface area contributed by atoms with Crippen LogP contribution in [0.5, 0.6) is 0 Å². The van der Waals surface area contributed by atoms with E-state index in [4.69, 9.17) is 0 Å². The molecule has 0 aromatic heterocycles. The molecule has 21 heavy (non-hydrogen) atoms. The third-order valence-corrected chi connectivity index (χ3v) is 4.07. The highest BCUT2D eigenvalue weighted by molar-refractivity contribution is 4.84. The van der Waals surface area contributed by atoms with Crippen LogP contribution in [0.1, 0.15) is 53.9 Å². The van der Waals surface area contributed by atoms with E-state index >= 15 is 0 Å². The number of rotatable bonds is 12. The van der Waals surface area contributed by atoms with E-state index in [9.17, 15) is 5.11 Å². The van der Waals surface area contributed by atoms with Gasteiger partial charge in [0, 0.05) is 24.2 Å². The normalized spacial score (nSPS) is 16.7. The molecule has 0 radical (unpaired) electrons. The lowest BCUT2D eigenvalue weighted by Gasteiger charge is -2.32. The minimum Gasteiger partial charge on any atom is -0.394 e. The highest BCUT2D eigenvalue weighted by atomic mass is 16.3. The molecular formula is C17H39N3O. The molecule has 128 valence electrons. The van der Waals surface area contributed by atoms with Gasteiger partial charge in [0.05, 0.1) is 6.61 Å². The predicted molar refractivity (Wildman–Crippen MR) is 92.9 cm³/mol. The molecular weight excluding hydrogens is 262 g/mol. The summed E-state index contributed by atoms with van der Waals surface area (Å²) in [5.41, 5.74) is -0.138. The molecule has 0 aromatic rings. The van der Waals surface area contributed by atoms with Gasteiger partial charge in [0.25, 0.3) is 0 Å². The van der Waals surface area contributed by atoms with Crippen LogP contribution in [0.15, 0.2) is 0 Å². The Hall–Kier alpha value is -0.160. The zero-order valence-corrected chi connectivity index (χ0v) is 15.4. The molecule has 2 atom stereocenters. The maximum absolute atomic E-state index is 9.60. The van der Waals surface area contributed by atoms with Crippen molar-refractivity contribution < 1.29 is 5.11 Å². The molecule has 0 aliphatic carbocycles. The van der Waals surface area contributed by atoms with Crippen LogP contribution in [-0.4, -0.2) is 72.9 Å². The first-order valence-corrected chi connectivity index (χ1v) is 8.51. The highest BCUT2D eigenvalue weighted by Gasteiger charge is 2.23. The lowest BCUT2D eigenvalue weighted by molar-refractivity contribution is 0.147. The number of aliphatic hydroxyl groups excluding tert-OH is 1. The first kappa shape index (κ1) is 20.8. The Balaban J connectivity index is 4.10. The second-order valence-electron chi connectivity index (χ2n) is 7.21. The average molecular weight is 302 g/mol. The largest absolute Gasteiger partial charge is 0.394 e. The fraction of sp³-hybridized carbons (Fsp3) is 1.00. The van der Waals surface area contributed by atoms with Crippen molar-refractivity contribution in [3.63, 3.8) is 0 Å². The van der Waals surface area contributed by atoms with Gasteiger partial charge >= 0.3 is 0 Å². The molecule has 4 heteroatoms. The van der Waals surface area contributed by atoms with Crippen molar-refractivity contribution in [3.05, 3.63) is 0 Å². The van der Waals surface area contributed by atoms with E-state index in [-0.39, 0.29) is 12.1 Å². The lowest BCUT2D eigenvalue weighted by atomic mass is 9.94. The van der Waals surface area contributed by atoms with Gasteiger partial charge in [-0.05, 0) is 53.9 Å². The summed E-state index contributed by atoms with van der Waals surface area (Å²) in [4.78, 5) is 4.80. The van der Waals surface area contributed by atoms with Crippen LogP contribution in [0.25, 0.3) is 0 Å². The Bertz CT molecular complexity index is 258. The molecule has 0 saturated heterocycles. The third kappa shape index (κ3) is 9.46. The van der Waals surface area contributed by atoms with E-state index in [0.717, 1.165) is 32.5 Å². The zero-order chi connectivity index (χ0) is 16.5. The monoisotopic (exact) mass is 301 g/mol. The van der Waals surface area contributed by atoms with Gasteiger partial charge in [-0.1, -0.05) is 27.2 Å². The first-order chi connectivity index (χ1) is 9.74. The van der Waals surface area contributed by atoms with Crippen molar-refractivity contribution in [2.45, 2.75) is 71.5 Å². The van der Waals surface area contributed by atoms with Gasteiger partial charge in [0.2, 0.25) is 0 Å². The summed E-state index contributed by atoms with van der Waals surface area (Å²) in [7, 11) is 4.27. The van der Waals surface area contributed by atoms with Crippen molar-refractivity contribution in [1.82, 2.24) is 15.1 Å². The zero-order valence-electron chi connectivity index (χ0n) is 15.4. The Morgan fingerprint density at radius 1 is 1.14 bits per heavy atom. The highest BCUT2D eigenvalue weighted by Crippen LogP contribution is 2.15. The van der Waals surface area contributed by atoms with Gasteiger partial charge in [-0.2, -0.15) is 0 Å². The Morgan fingerprint density at radius 3 is 2.19 bits per heavy atom. The number of nitrogens with one attached hydrogen (secondary N) is 1. The maximum Gasteiger partial charge on any atom is 0.0610 e. The molecule has 0 bridgehead atoms. The predicted octanol–water partition coefficient (Wildman–Crippen LogP) is 2.18. The van der Waals surface area contributed by atoms with Gasteiger partial charge in [0.1, 0.15) is 0 Å². The van der Waals surface area contributed by atoms with Crippen molar-refractivity contribution in [2.75, 3.05) is 40.3 Å². The minimum absolute atomic E-state index is 0.138. The van der Waals surface area contributed by atoms with Crippen LogP contribution in [0.3, 0.4) is 0 Å². The fourth-order valence-electron chi connectivity index (χ4n) is 3.06. The van der Waals surface area contributed by atoms with Crippen molar-refractivity contribution in [1.29, 1.82) is 0 Å². The maximum atomic E-state index is 9.60. The SMILES string of the molecule is CCN(CCCCC(C)(CO)NC(C)C)C(C)CN(C)C. The van der Waals surface area contributed by atoms with E-state index in [1.54, 1.807) is 0 Å². The molecule has 4 nitrogen and oxygen atoms in total. The van der Waals surface area contributed by atoms with Crippen molar-refractivity contribution in [3.8, 4) is 0 Å². The Morgan fingerprint density at radius 2 is 1.76 bits per heavy atom. The van der Waals surface area contributed by atoms with E-state index in [2.05, 4.69) is 63.8 Å². The topological polar surface area (TPSA) is 38.7 Å². The molecule has 0 rings (SSSR count). The van der Waals surface area contributed by atoms with Gasteiger partial charge in [-0.3, -0.25) is 4.90 Å². The number of unbranched alkanes of at least 4 members (excludes halogenated alkanes) is 1. The number of nitrogens with zero attached hydrogens (tertiary/aromatic N) is 2. The molecule has 0 amide bonds. The van der Waals surface area contributed by atoms with Crippen LogP contribution in [0, 0.1) is 0 Å². The number of hydrogen-bond donors (Lipinski definition) is 2. The molecule has 0 fully saturated rings. The van der Waals surface area contributed by atoms with Crippen LogP contribution in [-0.2, 0) is 0 Å². The number of hydrogen-bond acceptors (Lipinski definition) is 4. The smallest absolute Gasteiger partial charge is 0.0610 e. The molecule has 2 unspecified atom stereocenters. The summed E-state index contributed by atoms with van der Waals surface area (Å²) in [6, 6.07) is 1.01. The van der Waals surface area contributed by atoms with Gasteiger partial charge in [-0.25, -0.2) is 0 Å². The minimum atomic E-state index is -0.138. The van der Waals surface area contributed by atoms with Crippen molar-refractivity contribution >= 4 is 0 Å². The van der Waals surface area contributed by atoms with Gasteiger partial charge in [-0.15, -0.1) is 0 Å². The van der Waals surface area contributed by atoms with E-state index < -0.39 is 0 Å². The van der Waals surface area contributed by atoms with E-state index in [1.807, 2.05) is 0 Å². The summed E-state index contributed by atoms with van der Waals surface area (Å²) in [6.45, 7) is 14.5. The summed E-state index contributed by atoms with van der Waals surface area (Å²) in [5, 5.41) is 13.1. The number of likely N-dealkylation sites (N-methyl/N-ethyl adjacent to an activating group) is 2. The molecule has 0 aromatic carbocycles. The van der Waals surface area contributed by atoms with Crippen LogP contribution in [0.2, 0.25) is 0 Å². The summed E-state index contributed by atoms with van der Waals surface area (Å²) >= 11 is 0. The van der Waals surface area contributed by atoms with Crippen LogP contribution >= 0.6 is 0 Å². The second kappa shape index (κ2) is 10.5. The fourth-order valence-corrected chi connectivity index (χ4v) is 3.06. The summed E-state index contributed by atoms with van der Waals surface area (Å²) in [6.07, 6.45) is 3.38. The van der Waals surface area contributed by atoms with E-state index in [1.165, 1.54) is 6.42 Å². The quantitative estimate of drug-likeness (QED) is 0.542. The molecule has 2 N–H and O–H groups in total. The van der Waals surface area contributed by atoms with Crippen molar-refractivity contribution in [2.24, 2.45) is 0 Å². The number of aliphatic hydroxyl groups is 1. The second-order valence-corrected chi connectivity index (χ2v) is 7.21. The Labute approximate surface area is 132 Å². The van der Waals surface area contributed by atoms with Crippen LogP contribution < -0.4 is 5.32 Å².